The van der Waals surface area contributed by atoms with Gasteiger partial charge in [-0.3, -0.25) is 19.9 Å². The number of nitrogens with zero attached hydrogens (tertiary/aromatic N) is 1. The van der Waals surface area contributed by atoms with Crippen LogP contribution in [0.25, 0.3) is 0 Å². The van der Waals surface area contributed by atoms with Crippen molar-refractivity contribution in [3.8, 4) is 5.75 Å². The third kappa shape index (κ3) is 1.92. The summed E-state index contributed by atoms with van der Waals surface area (Å²) < 4.78 is 9.59. The number of esters is 1. The minimum Gasteiger partial charge on any atom is -0.497 e. The summed E-state index contributed by atoms with van der Waals surface area (Å²) in [6, 6.07) is 6.39. The van der Waals surface area contributed by atoms with Crippen molar-refractivity contribution in [2.75, 3.05) is 19.1 Å². The van der Waals surface area contributed by atoms with Crippen LogP contribution in [0.1, 0.15) is 0 Å². The summed E-state index contributed by atoms with van der Waals surface area (Å²) in [6.45, 7) is 0. The van der Waals surface area contributed by atoms with Crippen LogP contribution in [0.2, 0.25) is 0 Å². The fourth-order valence-corrected chi connectivity index (χ4v) is 2.32. The number of fused-ring (bicyclic) bond motifs is 1. The van der Waals surface area contributed by atoms with E-state index < -0.39 is 23.9 Å². The van der Waals surface area contributed by atoms with Gasteiger partial charge in [0.1, 0.15) is 5.75 Å². The Balaban J connectivity index is 2.00. The lowest BCUT2D eigenvalue weighted by Crippen LogP contribution is -2.35. The quantitative estimate of drug-likeness (QED) is 0.615. The van der Waals surface area contributed by atoms with Crippen molar-refractivity contribution in [1.29, 1.82) is 0 Å². The molecule has 0 radical (unpaired) electrons. The summed E-state index contributed by atoms with van der Waals surface area (Å²) in [5, 5.41) is 0. The van der Waals surface area contributed by atoms with E-state index in [-0.39, 0.29) is 11.3 Å². The number of amides is 2. The number of ether oxygens (including phenoxy) is 2. The van der Waals surface area contributed by atoms with Crippen molar-refractivity contribution in [2.45, 2.75) is 6.10 Å². The van der Waals surface area contributed by atoms with Crippen molar-refractivity contribution < 1.29 is 28.7 Å². The summed E-state index contributed by atoms with van der Waals surface area (Å²) in [6.07, 6.45) is -1.15. The van der Waals surface area contributed by atoms with E-state index in [1.54, 1.807) is 24.3 Å². The Labute approximate surface area is 125 Å². The van der Waals surface area contributed by atoms with Crippen LogP contribution in [0.15, 0.2) is 35.5 Å². The molecule has 1 unspecified atom stereocenters. The fraction of sp³-hybridized carbons (Fsp3) is 0.214. The highest BCUT2D eigenvalue weighted by molar-refractivity contribution is 6.32. The van der Waals surface area contributed by atoms with E-state index in [1.807, 2.05) is 0 Å². The predicted molar refractivity (Wildman–Crippen MR) is 72.5 cm³/mol. The van der Waals surface area contributed by atoms with E-state index in [0.717, 1.165) is 4.90 Å². The molecule has 2 aliphatic heterocycles. The molecule has 22 heavy (non-hydrogen) atoms. The molecule has 0 saturated carbocycles. The van der Waals surface area contributed by atoms with Crippen LogP contribution < -0.4 is 15.1 Å². The van der Waals surface area contributed by atoms with Gasteiger partial charge >= 0.3 is 5.97 Å². The Bertz CT molecular complexity index is 694. The number of hydroxylamine groups is 1. The SMILES string of the molecule is COC(=O)C1=C2C(=O)N(c3ccc(OC)cc3)C(=O)C2ON1. The number of anilines is 1. The number of methoxy groups -OCH3 is 2. The topological polar surface area (TPSA) is 94.2 Å². The molecule has 8 nitrogen and oxygen atoms in total. The van der Waals surface area contributed by atoms with Crippen LogP contribution in [0.3, 0.4) is 0 Å². The standard InChI is InChI=1S/C14H12N2O6/c1-20-8-5-3-7(4-6-8)16-12(17)9-10(14(19)21-2)15-22-11(9)13(16)18/h3-6,11,15H,1-2H3. The Morgan fingerprint density at radius 1 is 1.23 bits per heavy atom. The summed E-state index contributed by atoms with van der Waals surface area (Å²) in [7, 11) is 2.69. The minimum atomic E-state index is -1.15. The number of carbonyl (C=O) groups excluding carboxylic acids is 3. The molecular formula is C14H12N2O6. The summed E-state index contributed by atoms with van der Waals surface area (Å²) >= 11 is 0. The molecule has 1 saturated heterocycles. The summed E-state index contributed by atoms with van der Waals surface area (Å²) in [5.41, 5.74) is 2.44. The number of imide groups is 1. The van der Waals surface area contributed by atoms with E-state index in [0.29, 0.717) is 11.4 Å². The molecule has 0 bridgehead atoms. The van der Waals surface area contributed by atoms with Gasteiger partial charge in [-0.15, -0.1) is 0 Å². The van der Waals surface area contributed by atoms with Crippen molar-refractivity contribution in [1.82, 2.24) is 5.48 Å². The van der Waals surface area contributed by atoms with Crippen molar-refractivity contribution >= 4 is 23.5 Å². The first-order valence-corrected chi connectivity index (χ1v) is 6.35. The smallest absolute Gasteiger partial charge is 0.357 e. The normalized spacial score (nSPS) is 20.1. The molecule has 114 valence electrons. The zero-order chi connectivity index (χ0) is 15.9. The molecule has 2 amide bonds. The van der Waals surface area contributed by atoms with E-state index in [4.69, 9.17) is 9.57 Å². The Kier molecular flexibility index (Phi) is 3.30. The number of hydrogen-bond acceptors (Lipinski definition) is 7. The molecule has 8 heteroatoms. The maximum absolute atomic E-state index is 12.5. The minimum absolute atomic E-state index is 0.0485. The molecule has 0 spiro atoms. The Hall–Kier alpha value is -2.87. The van der Waals surface area contributed by atoms with Crippen molar-refractivity contribution in [3.05, 3.63) is 35.5 Å². The van der Waals surface area contributed by atoms with Gasteiger partial charge in [0.25, 0.3) is 11.8 Å². The van der Waals surface area contributed by atoms with E-state index in [1.165, 1.54) is 14.2 Å². The second-order valence-electron chi connectivity index (χ2n) is 4.56. The molecule has 0 aromatic heterocycles. The zero-order valence-electron chi connectivity index (χ0n) is 11.8. The highest BCUT2D eigenvalue weighted by atomic mass is 16.7. The number of carbonyl (C=O) groups is 3. The highest BCUT2D eigenvalue weighted by Crippen LogP contribution is 2.33. The van der Waals surface area contributed by atoms with Crippen LogP contribution in [-0.4, -0.2) is 38.1 Å². The molecule has 3 rings (SSSR count). The zero-order valence-corrected chi connectivity index (χ0v) is 11.8. The molecular weight excluding hydrogens is 292 g/mol. The average Bonchev–Trinajstić information content (AvgIpc) is 3.08. The first-order valence-electron chi connectivity index (χ1n) is 6.35. The number of benzene rings is 1. The summed E-state index contributed by atoms with van der Waals surface area (Å²) in [4.78, 5) is 42.4. The van der Waals surface area contributed by atoms with Gasteiger partial charge in [0, 0.05) is 0 Å². The molecule has 1 fully saturated rings. The average molecular weight is 304 g/mol. The lowest BCUT2D eigenvalue weighted by Gasteiger charge is -2.15. The maximum atomic E-state index is 12.5. The van der Waals surface area contributed by atoms with Gasteiger partial charge in [0.05, 0.1) is 25.5 Å². The molecule has 2 aliphatic rings. The fourth-order valence-electron chi connectivity index (χ4n) is 2.32. The Morgan fingerprint density at radius 3 is 2.50 bits per heavy atom. The first kappa shape index (κ1) is 14.1. The molecule has 1 atom stereocenters. The van der Waals surface area contributed by atoms with Crippen LogP contribution in [0, 0.1) is 0 Å². The van der Waals surface area contributed by atoms with E-state index >= 15 is 0 Å². The highest BCUT2D eigenvalue weighted by Gasteiger charge is 2.52. The number of rotatable bonds is 3. The van der Waals surface area contributed by atoms with E-state index in [2.05, 4.69) is 10.2 Å². The summed E-state index contributed by atoms with van der Waals surface area (Å²) in [5.74, 6) is -1.37. The van der Waals surface area contributed by atoms with Gasteiger partial charge in [0.15, 0.2) is 11.8 Å². The molecule has 1 N–H and O–H groups in total. The van der Waals surface area contributed by atoms with Gasteiger partial charge in [0.2, 0.25) is 0 Å². The van der Waals surface area contributed by atoms with Gasteiger partial charge in [-0.2, -0.15) is 0 Å². The lowest BCUT2D eigenvalue weighted by molar-refractivity contribution is -0.139. The second kappa shape index (κ2) is 5.15. The molecule has 1 aromatic carbocycles. The predicted octanol–water partition coefficient (Wildman–Crippen LogP) is -0.101. The molecule has 2 heterocycles. The van der Waals surface area contributed by atoms with E-state index in [9.17, 15) is 14.4 Å². The monoisotopic (exact) mass is 304 g/mol. The van der Waals surface area contributed by atoms with Crippen LogP contribution in [-0.2, 0) is 24.0 Å². The maximum Gasteiger partial charge on any atom is 0.357 e. The van der Waals surface area contributed by atoms with Gasteiger partial charge in [-0.05, 0) is 24.3 Å². The first-order chi connectivity index (χ1) is 10.6. The molecule has 1 aromatic rings. The lowest BCUT2D eigenvalue weighted by atomic mass is 10.1. The van der Waals surface area contributed by atoms with Crippen LogP contribution in [0.4, 0.5) is 5.69 Å². The number of nitrogens with one attached hydrogen (secondary N) is 1. The van der Waals surface area contributed by atoms with Gasteiger partial charge < -0.3 is 9.47 Å². The van der Waals surface area contributed by atoms with Crippen LogP contribution in [0.5, 0.6) is 5.75 Å². The van der Waals surface area contributed by atoms with Gasteiger partial charge in [-0.25, -0.2) is 9.69 Å². The third-order valence-corrected chi connectivity index (χ3v) is 3.41. The molecule has 0 aliphatic carbocycles. The Morgan fingerprint density at radius 2 is 1.91 bits per heavy atom. The van der Waals surface area contributed by atoms with Crippen molar-refractivity contribution in [3.63, 3.8) is 0 Å². The van der Waals surface area contributed by atoms with Gasteiger partial charge in [-0.1, -0.05) is 0 Å². The van der Waals surface area contributed by atoms with Crippen molar-refractivity contribution in [2.24, 2.45) is 0 Å². The van der Waals surface area contributed by atoms with Crippen LogP contribution >= 0.6 is 0 Å². The largest absolute Gasteiger partial charge is 0.497 e. The number of hydrogen-bond donors (Lipinski definition) is 1. The second-order valence-corrected chi connectivity index (χ2v) is 4.56. The third-order valence-electron chi connectivity index (χ3n) is 3.41.